The molecule has 0 atom stereocenters. The van der Waals surface area contributed by atoms with E-state index < -0.39 is 0 Å². The van der Waals surface area contributed by atoms with Crippen molar-refractivity contribution in [3.63, 3.8) is 0 Å². The first-order chi connectivity index (χ1) is 7.25. The standard InChI is InChI=1S/C11H8Cl2N2/c12-9-5-4-8(7-10(9)13)15-11-3-1-2-6-14-11/h1-7H,(H,14,15). The predicted molar refractivity (Wildman–Crippen MR) is 64.0 cm³/mol. The van der Waals surface area contributed by atoms with Crippen LogP contribution in [0.25, 0.3) is 0 Å². The molecule has 4 heteroatoms. The van der Waals surface area contributed by atoms with Crippen LogP contribution in [0.1, 0.15) is 0 Å². The predicted octanol–water partition coefficient (Wildman–Crippen LogP) is 4.13. The van der Waals surface area contributed by atoms with Crippen LogP contribution in [-0.4, -0.2) is 4.98 Å². The van der Waals surface area contributed by atoms with E-state index in [1.165, 1.54) is 0 Å². The number of hydrogen-bond acceptors (Lipinski definition) is 2. The first kappa shape index (κ1) is 10.3. The third kappa shape index (κ3) is 2.61. The summed E-state index contributed by atoms with van der Waals surface area (Å²) in [5, 5.41) is 4.19. The summed E-state index contributed by atoms with van der Waals surface area (Å²) in [6.45, 7) is 0. The Kier molecular flexibility index (Phi) is 3.09. The van der Waals surface area contributed by atoms with Gasteiger partial charge in [-0.3, -0.25) is 0 Å². The Morgan fingerprint density at radius 3 is 2.53 bits per heavy atom. The molecule has 0 fully saturated rings. The zero-order valence-electron chi connectivity index (χ0n) is 7.74. The molecule has 0 unspecified atom stereocenters. The number of rotatable bonds is 2. The fourth-order valence-corrected chi connectivity index (χ4v) is 1.46. The first-order valence-corrected chi connectivity index (χ1v) is 5.14. The lowest BCUT2D eigenvalue weighted by Gasteiger charge is -2.05. The van der Waals surface area contributed by atoms with Crippen molar-refractivity contribution < 1.29 is 0 Å². The molecule has 0 amide bonds. The molecule has 0 saturated heterocycles. The highest BCUT2D eigenvalue weighted by molar-refractivity contribution is 6.42. The molecule has 1 aromatic carbocycles. The van der Waals surface area contributed by atoms with E-state index in [2.05, 4.69) is 10.3 Å². The van der Waals surface area contributed by atoms with Crippen LogP contribution in [0.3, 0.4) is 0 Å². The van der Waals surface area contributed by atoms with Crippen molar-refractivity contribution in [2.45, 2.75) is 0 Å². The van der Waals surface area contributed by atoms with Gasteiger partial charge in [0.2, 0.25) is 0 Å². The quantitative estimate of drug-likeness (QED) is 0.852. The van der Waals surface area contributed by atoms with E-state index in [0.717, 1.165) is 11.5 Å². The van der Waals surface area contributed by atoms with Gasteiger partial charge in [-0.15, -0.1) is 0 Å². The number of halogens is 2. The van der Waals surface area contributed by atoms with Crippen molar-refractivity contribution in [3.8, 4) is 0 Å². The second-order valence-electron chi connectivity index (χ2n) is 2.97. The van der Waals surface area contributed by atoms with Crippen LogP contribution in [-0.2, 0) is 0 Å². The summed E-state index contributed by atoms with van der Waals surface area (Å²) in [5.41, 5.74) is 0.864. The molecule has 2 nitrogen and oxygen atoms in total. The second-order valence-corrected chi connectivity index (χ2v) is 3.78. The molecule has 2 rings (SSSR count). The summed E-state index contributed by atoms with van der Waals surface area (Å²) < 4.78 is 0. The second kappa shape index (κ2) is 4.51. The lowest BCUT2D eigenvalue weighted by atomic mass is 10.3. The maximum Gasteiger partial charge on any atom is 0.130 e. The SMILES string of the molecule is Clc1ccc(Nc2ccccn2)cc1Cl. The van der Waals surface area contributed by atoms with Gasteiger partial charge in [0.25, 0.3) is 0 Å². The van der Waals surface area contributed by atoms with Crippen molar-refractivity contribution >= 4 is 34.7 Å². The molecule has 2 aromatic rings. The fraction of sp³-hybridized carbons (Fsp3) is 0. The minimum atomic E-state index is 0.526. The first-order valence-electron chi connectivity index (χ1n) is 4.39. The third-order valence-electron chi connectivity index (χ3n) is 1.86. The van der Waals surface area contributed by atoms with Gasteiger partial charge >= 0.3 is 0 Å². The summed E-state index contributed by atoms with van der Waals surface area (Å²) in [5.74, 6) is 0.774. The average molecular weight is 239 g/mol. The van der Waals surface area contributed by atoms with Crippen molar-refractivity contribution in [3.05, 3.63) is 52.6 Å². The summed E-state index contributed by atoms with van der Waals surface area (Å²) in [4.78, 5) is 4.14. The van der Waals surface area contributed by atoms with Gasteiger partial charge in [-0.05, 0) is 30.3 Å². The molecule has 0 radical (unpaired) electrons. The van der Waals surface area contributed by atoms with E-state index in [9.17, 15) is 0 Å². The Balaban J connectivity index is 2.22. The van der Waals surface area contributed by atoms with E-state index in [1.807, 2.05) is 24.3 Å². The Morgan fingerprint density at radius 2 is 1.87 bits per heavy atom. The maximum atomic E-state index is 5.89. The van der Waals surface area contributed by atoms with Gasteiger partial charge in [0.1, 0.15) is 5.82 Å². The normalized spacial score (nSPS) is 10.0. The molecule has 1 heterocycles. The van der Waals surface area contributed by atoms with E-state index in [4.69, 9.17) is 23.2 Å². The third-order valence-corrected chi connectivity index (χ3v) is 2.60. The molecule has 0 spiro atoms. The van der Waals surface area contributed by atoms with Crippen LogP contribution in [0.2, 0.25) is 10.0 Å². The number of anilines is 2. The van der Waals surface area contributed by atoms with Gasteiger partial charge in [-0.2, -0.15) is 0 Å². The zero-order valence-corrected chi connectivity index (χ0v) is 9.26. The summed E-state index contributed by atoms with van der Waals surface area (Å²) in [6.07, 6.45) is 1.72. The Morgan fingerprint density at radius 1 is 1.00 bits per heavy atom. The highest BCUT2D eigenvalue weighted by atomic mass is 35.5. The number of nitrogens with one attached hydrogen (secondary N) is 1. The Hall–Kier alpha value is -1.25. The van der Waals surface area contributed by atoms with Gasteiger partial charge in [0, 0.05) is 11.9 Å². The number of pyridine rings is 1. The van der Waals surface area contributed by atoms with Crippen LogP contribution in [0, 0.1) is 0 Å². The smallest absolute Gasteiger partial charge is 0.130 e. The monoisotopic (exact) mass is 238 g/mol. The zero-order chi connectivity index (χ0) is 10.7. The van der Waals surface area contributed by atoms with Crippen molar-refractivity contribution in [2.75, 3.05) is 5.32 Å². The molecular weight excluding hydrogens is 231 g/mol. The lowest BCUT2D eigenvalue weighted by Crippen LogP contribution is -1.92. The van der Waals surface area contributed by atoms with E-state index in [-0.39, 0.29) is 0 Å². The maximum absolute atomic E-state index is 5.89. The summed E-state index contributed by atoms with van der Waals surface area (Å²) >= 11 is 11.7. The van der Waals surface area contributed by atoms with Gasteiger partial charge in [-0.25, -0.2) is 4.98 Å². The minimum Gasteiger partial charge on any atom is -0.340 e. The van der Waals surface area contributed by atoms with Gasteiger partial charge in [0.15, 0.2) is 0 Å². The average Bonchev–Trinajstić information content (AvgIpc) is 2.25. The molecule has 0 bridgehead atoms. The van der Waals surface area contributed by atoms with Crippen LogP contribution in [0.4, 0.5) is 11.5 Å². The molecule has 0 aliphatic rings. The Labute approximate surface area is 97.9 Å². The molecule has 0 saturated carbocycles. The molecule has 1 N–H and O–H groups in total. The highest BCUT2D eigenvalue weighted by Crippen LogP contribution is 2.26. The molecule has 1 aromatic heterocycles. The summed E-state index contributed by atoms with van der Waals surface area (Å²) in [6, 6.07) is 11.0. The van der Waals surface area contributed by atoms with Gasteiger partial charge < -0.3 is 5.32 Å². The molecule has 76 valence electrons. The number of benzene rings is 1. The van der Waals surface area contributed by atoms with Crippen LogP contribution < -0.4 is 5.32 Å². The van der Waals surface area contributed by atoms with Gasteiger partial charge in [-0.1, -0.05) is 29.3 Å². The lowest BCUT2D eigenvalue weighted by molar-refractivity contribution is 1.31. The Bertz CT molecular complexity index is 457. The van der Waals surface area contributed by atoms with Crippen LogP contribution in [0.5, 0.6) is 0 Å². The highest BCUT2D eigenvalue weighted by Gasteiger charge is 1.99. The van der Waals surface area contributed by atoms with Crippen LogP contribution >= 0.6 is 23.2 Å². The number of hydrogen-bond donors (Lipinski definition) is 1. The summed E-state index contributed by atoms with van der Waals surface area (Å²) in [7, 11) is 0. The number of nitrogens with zero attached hydrogens (tertiary/aromatic N) is 1. The topological polar surface area (TPSA) is 24.9 Å². The van der Waals surface area contributed by atoms with E-state index in [1.54, 1.807) is 18.3 Å². The van der Waals surface area contributed by atoms with Crippen molar-refractivity contribution in [2.24, 2.45) is 0 Å². The molecule has 0 aliphatic carbocycles. The van der Waals surface area contributed by atoms with Crippen molar-refractivity contribution in [1.29, 1.82) is 0 Å². The molecule has 15 heavy (non-hydrogen) atoms. The van der Waals surface area contributed by atoms with E-state index in [0.29, 0.717) is 10.0 Å². The van der Waals surface area contributed by atoms with Gasteiger partial charge in [0.05, 0.1) is 10.0 Å². The fourth-order valence-electron chi connectivity index (χ4n) is 1.16. The van der Waals surface area contributed by atoms with E-state index >= 15 is 0 Å². The van der Waals surface area contributed by atoms with Crippen LogP contribution in [0.15, 0.2) is 42.6 Å². The largest absolute Gasteiger partial charge is 0.340 e. The minimum absolute atomic E-state index is 0.526. The number of aromatic nitrogens is 1. The molecule has 0 aliphatic heterocycles. The molecular formula is C11H8Cl2N2. The van der Waals surface area contributed by atoms with Crippen molar-refractivity contribution in [1.82, 2.24) is 4.98 Å².